The summed E-state index contributed by atoms with van der Waals surface area (Å²) in [4.78, 5) is 11.7. The number of rotatable bonds is 8. The maximum absolute atomic E-state index is 11.7. The van der Waals surface area contributed by atoms with E-state index < -0.39 is 5.63 Å². The van der Waals surface area contributed by atoms with Crippen LogP contribution in [0.4, 0.5) is 0 Å². The van der Waals surface area contributed by atoms with Crippen LogP contribution in [0.25, 0.3) is 11.0 Å². The predicted octanol–water partition coefficient (Wildman–Crippen LogP) is 5.04. The molecule has 0 bridgehead atoms. The topological polar surface area (TPSA) is 48.7 Å². The molecule has 0 radical (unpaired) electrons. The Morgan fingerprint density at radius 1 is 0.690 bits per heavy atom. The molecule has 4 nitrogen and oxygen atoms in total. The molecule has 29 heavy (non-hydrogen) atoms. The molecule has 0 amide bonds. The number of hydrogen-bond acceptors (Lipinski definition) is 4. The quantitative estimate of drug-likeness (QED) is 0.398. The normalized spacial score (nSPS) is 10.8. The summed E-state index contributed by atoms with van der Waals surface area (Å²) >= 11 is 0. The van der Waals surface area contributed by atoms with E-state index in [0.717, 1.165) is 18.2 Å². The van der Waals surface area contributed by atoms with E-state index in [2.05, 4.69) is 24.3 Å². The molecular formula is C25H22O4. The van der Waals surface area contributed by atoms with Crippen LogP contribution in [0.3, 0.4) is 0 Å². The number of hydrogen-bond donors (Lipinski definition) is 0. The molecule has 0 atom stereocenters. The van der Waals surface area contributed by atoms with Crippen molar-refractivity contribution in [3.8, 4) is 11.5 Å². The van der Waals surface area contributed by atoms with Gasteiger partial charge >= 0.3 is 5.63 Å². The molecule has 4 rings (SSSR count). The Hall–Kier alpha value is -3.53. The van der Waals surface area contributed by atoms with Gasteiger partial charge in [-0.1, -0.05) is 60.7 Å². The SMILES string of the molecule is O=c1ccc2c(OCCc3ccccc3)cc(OCCc3ccccc3)cc2o1. The monoisotopic (exact) mass is 386 g/mol. The molecule has 0 spiro atoms. The van der Waals surface area contributed by atoms with Crippen LogP contribution in [0.2, 0.25) is 0 Å². The van der Waals surface area contributed by atoms with Gasteiger partial charge in [0, 0.05) is 31.0 Å². The third-order valence-corrected chi connectivity index (χ3v) is 4.67. The van der Waals surface area contributed by atoms with Gasteiger partial charge in [-0.2, -0.15) is 0 Å². The van der Waals surface area contributed by atoms with Gasteiger partial charge in [-0.3, -0.25) is 0 Å². The maximum Gasteiger partial charge on any atom is 0.336 e. The third kappa shape index (κ3) is 5.05. The van der Waals surface area contributed by atoms with Crippen molar-refractivity contribution in [1.82, 2.24) is 0 Å². The molecule has 3 aromatic carbocycles. The number of ether oxygens (including phenoxy) is 2. The third-order valence-electron chi connectivity index (χ3n) is 4.67. The van der Waals surface area contributed by atoms with E-state index in [0.29, 0.717) is 30.3 Å². The Labute approximate surface area is 169 Å². The second-order valence-corrected chi connectivity index (χ2v) is 6.76. The van der Waals surface area contributed by atoms with Crippen LogP contribution in [0, 0.1) is 0 Å². The molecule has 1 heterocycles. The summed E-state index contributed by atoms with van der Waals surface area (Å²) in [7, 11) is 0. The molecule has 0 aliphatic rings. The second kappa shape index (κ2) is 9.11. The summed E-state index contributed by atoms with van der Waals surface area (Å²) in [6, 6.07) is 27.1. The van der Waals surface area contributed by atoms with Crippen molar-refractivity contribution in [2.24, 2.45) is 0 Å². The molecule has 0 unspecified atom stereocenters. The largest absolute Gasteiger partial charge is 0.493 e. The zero-order valence-corrected chi connectivity index (χ0v) is 16.0. The maximum atomic E-state index is 11.7. The average molecular weight is 386 g/mol. The highest BCUT2D eigenvalue weighted by Gasteiger charge is 2.09. The van der Waals surface area contributed by atoms with Gasteiger partial charge in [-0.25, -0.2) is 4.79 Å². The Balaban J connectivity index is 1.49. The van der Waals surface area contributed by atoms with Crippen molar-refractivity contribution in [2.45, 2.75) is 12.8 Å². The van der Waals surface area contributed by atoms with Crippen molar-refractivity contribution in [3.05, 3.63) is 106 Å². The van der Waals surface area contributed by atoms with Crippen LogP contribution in [-0.4, -0.2) is 13.2 Å². The molecule has 0 aliphatic heterocycles. The van der Waals surface area contributed by atoms with E-state index in [-0.39, 0.29) is 0 Å². The van der Waals surface area contributed by atoms with Crippen molar-refractivity contribution >= 4 is 11.0 Å². The molecule has 1 aromatic heterocycles. The van der Waals surface area contributed by atoms with Gasteiger partial charge in [0.05, 0.1) is 18.6 Å². The lowest BCUT2D eigenvalue weighted by Gasteiger charge is -2.12. The summed E-state index contributed by atoms with van der Waals surface area (Å²) < 4.78 is 17.3. The molecule has 0 saturated carbocycles. The van der Waals surface area contributed by atoms with E-state index >= 15 is 0 Å². The van der Waals surface area contributed by atoms with Crippen LogP contribution in [0.15, 0.2) is 94.1 Å². The first-order valence-electron chi connectivity index (χ1n) is 9.69. The molecule has 0 saturated heterocycles. The molecule has 4 aromatic rings. The van der Waals surface area contributed by atoms with Crippen LogP contribution in [-0.2, 0) is 12.8 Å². The highest BCUT2D eigenvalue weighted by molar-refractivity contribution is 5.85. The zero-order chi connectivity index (χ0) is 19.9. The minimum atomic E-state index is -0.394. The van der Waals surface area contributed by atoms with E-state index in [1.165, 1.54) is 17.2 Å². The fourth-order valence-electron chi connectivity index (χ4n) is 3.18. The Morgan fingerprint density at radius 3 is 1.97 bits per heavy atom. The van der Waals surface area contributed by atoms with Gasteiger partial charge in [0.15, 0.2) is 0 Å². The summed E-state index contributed by atoms with van der Waals surface area (Å²) in [6.45, 7) is 1.04. The highest BCUT2D eigenvalue weighted by Crippen LogP contribution is 2.31. The van der Waals surface area contributed by atoms with E-state index in [1.54, 1.807) is 12.1 Å². The van der Waals surface area contributed by atoms with Gasteiger partial charge < -0.3 is 13.9 Å². The molecule has 146 valence electrons. The zero-order valence-electron chi connectivity index (χ0n) is 16.0. The molecule has 4 heteroatoms. The van der Waals surface area contributed by atoms with Crippen LogP contribution >= 0.6 is 0 Å². The molecular weight excluding hydrogens is 364 g/mol. The summed E-state index contributed by atoms with van der Waals surface area (Å²) in [5.41, 5.74) is 2.48. The average Bonchev–Trinajstić information content (AvgIpc) is 2.75. The smallest absolute Gasteiger partial charge is 0.336 e. The van der Waals surface area contributed by atoms with Crippen molar-refractivity contribution < 1.29 is 13.9 Å². The first-order valence-corrected chi connectivity index (χ1v) is 9.69. The number of fused-ring (bicyclic) bond motifs is 1. The van der Waals surface area contributed by atoms with Gasteiger partial charge in [-0.15, -0.1) is 0 Å². The van der Waals surface area contributed by atoms with Crippen LogP contribution in [0.1, 0.15) is 11.1 Å². The lowest BCUT2D eigenvalue weighted by molar-refractivity contribution is 0.307. The van der Waals surface area contributed by atoms with Crippen molar-refractivity contribution in [3.63, 3.8) is 0 Å². The lowest BCUT2D eigenvalue weighted by atomic mass is 10.1. The standard InChI is InChI=1S/C25H22O4/c26-25-12-11-22-23(28-16-14-20-9-5-2-6-10-20)17-21(18-24(22)29-25)27-15-13-19-7-3-1-4-8-19/h1-12,17-18H,13-16H2. The number of benzene rings is 3. The van der Waals surface area contributed by atoms with E-state index in [1.807, 2.05) is 42.5 Å². The minimum absolute atomic E-state index is 0.394. The van der Waals surface area contributed by atoms with E-state index in [4.69, 9.17) is 13.9 Å². The first kappa shape index (κ1) is 18.8. The van der Waals surface area contributed by atoms with Gasteiger partial charge in [0.1, 0.15) is 17.1 Å². The summed E-state index contributed by atoms with van der Waals surface area (Å²) in [6.07, 6.45) is 1.58. The molecule has 0 fully saturated rings. The van der Waals surface area contributed by atoms with Crippen molar-refractivity contribution in [2.75, 3.05) is 13.2 Å². The molecule has 0 N–H and O–H groups in total. The lowest BCUT2D eigenvalue weighted by Crippen LogP contribution is -2.05. The summed E-state index contributed by atoms with van der Waals surface area (Å²) in [5.74, 6) is 1.27. The fourth-order valence-corrected chi connectivity index (χ4v) is 3.18. The summed E-state index contributed by atoms with van der Waals surface area (Å²) in [5, 5.41) is 0.757. The van der Waals surface area contributed by atoms with Crippen LogP contribution < -0.4 is 15.1 Å². The highest BCUT2D eigenvalue weighted by atomic mass is 16.5. The van der Waals surface area contributed by atoms with Crippen LogP contribution in [0.5, 0.6) is 11.5 Å². The van der Waals surface area contributed by atoms with Crippen molar-refractivity contribution in [1.29, 1.82) is 0 Å². The second-order valence-electron chi connectivity index (χ2n) is 6.76. The Kier molecular flexibility index (Phi) is 5.91. The Bertz CT molecular complexity index is 1120. The first-order chi connectivity index (χ1) is 14.3. The minimum Gasteiger partial charge on any atom is -0.493 e. The van der Waals surface area contributed by atoms with Gasteiger partial charge in [-0.05, 0) is 17.2 Å². The van der Waals surface area contributed by atoms with Gasteiger partial charge in [0.25, 0.3) is 0 Å². The van der Waals surface area contributed by atoms with Gasteiger partial charge in [0.2, 0.25) is 0 Å². The predicted molar refractivity (Wildman–Crippen MR) is 114 cm³/mol. The van der Waals surface area contributed by atoms with E-state index in [9.17, 15) is 4.79 Å². The molecule has 0 aliphatic carbocycles. The Morgan fingerprint density at radius 2 is 1.31 bits per heavy atom. The fraction of sp³-hybridized carbons (Fsp3) is 0.160.